The maximum absolute atomic E-state index is 11.8. The number of carbonyl (C=O) groups is 1. The van der Waals surface area contributed by atoms with Gasteiger partial charge in [-0.3, -0.25) is 0 Å². The maximum atomic E-state index is 11.8. The van der Waals surface area contributed by atoms with Crippen molar-refractivity contribution in [1.82, 2.24) is 0 Å². The van der Waals surface area contributed by atoms with Gasteiger partial charge in [-0.2, -0.15) is 13.2 Å². The number of hydrogen-bond donors (Lipinski definition) is 1. The molecule has 17 heavy (non-hydrogen) atoms. The van der Waals surface area contributed by atoms with Crippen molar-refractivity contribution in [2.45, 2.75) is 12.4 Å². The summed E-state index contributed by atoms with van der Waals surface area (Å²) in [4.78, 5) is 12.5. The topological polar surface area (TPSA) is 52.3 Å². The molecule has 1 heterocycles. The molecule has 0 saturated heterocycles. The fourth-order valence-electron chi connectivity index (χ4n) is 0.960. The second kappa shape index (κ2) is 5.63. The zero-order valence-electron chi connectivity index (χ0n) is 8.84. The van der Waals surface area contributed by atoms with Crippen LogP contribution in [0.4, 0.5) is 18.9 Å². The van der Waals surface area contributed by atoms with E-state index in [2.05, 4.69) is 4.74 Å². The Labute approximate surface area is 104 Å². The normalized spacial score (nSPS) is 11.5. The Kier molecular flexibility index (Phi) is 4.70. The summed E-state index contributed by atoms with van der Waals surface area (Å²) in [5.41, 5.74) is 1.72. The molecule has 1 rings (SSSR count). The third kappa shape index (κ3) is 4.86. The van der Waals surface area contributed by atoms with Crippen molar-refractivity contribution in [3.8, 4) is 0 Å². The Morgan fingerprint density at radius 1 is 1.59 bits per heavy atom. The average Bonchev–Trinajstić information content (AvgIpc) is 2.52. The van der Waals surface area contributed by atoms with Crippen molar-refractivity contribution >= 4 is 34.8 Å². The summed E-state index contributed by atoms with van der Waals surface area (Å²) < 4.78 is 40.0. The predicted molar refractivity (Wildman–Crippen MR) is 62.3 cm³/mol. The number of halogens is 3. The largest absolute Gasteiger partial charge is 0.461 e. The van der Waals surface area contributed by atoms with Crippen LogP contribution in [0.5, 0.6) is 0 Å². The van der Waals surface area contributed by atoms with Crippen LogP contribution in [0.1, 0.15) is 14.5 Å². The van der Waals surface area contributed by atoms with Crippen molar-refractivity contribution < 1.29 is 22.7 Å². The molecule has 0 unspecified atom stereocenters. The van der Waals surface area contributed by atoms with Gasteiger partial charge in [-0.25, -0.2) is 4.79 Å². The SMILES string of the molecule is Cc1sc(C(=O)OCCSC(F)(F)F)cc1N. The number of thioether (sulfide) groups is 1. The third-order valence-electron chi connectivity index (χ3n) is 1.74. The first-order valence-corrected chi connectivity index (χ1v) is 6.33. The smallest absolute Gasteiger partial charge is 0.441 e. The molecule has 0 radical (unpaired) electrons. The monoisotopic (exact) mass is 285 g/mol. The van der Waals surface area contributed by atoms with E-state index in [0.29, 0.717) is 10.6 Å². The fraction of sp³-hybridized carbons (Fsp3) is 0.444. The van der Waals surface area contributed by atoms with Crippen molar-refractivity contribution in [3.05, 3.63) is 15.8 Å². The lowest BCUT2D eigenvalue weighted by Gasteiger charge is -2.05. The highest BCUT2D eigenvalue weighted by Gasteiger charge is 2.27. The molecule has 0 aliphatic heterocycles. The van der Waals surface area contributed by atoms with Crippen LogP contribution in [-0.4, -0.2) is 23.8 Å². The van der Waals surface area contributed by atoms with Gasteiger partial charge >= 0.3 is 11.5 Å². The van der Waals surface area contributed by atoms with E-state index in [1.807, 2.05) is 0 Å². The molecule has 0 saturated carbocycles. The van der Waals surface area contributed by atoms with E-state index >= 15 is 0 Å². The van der Waals surface area contributed by atoms with E-state index in [1.54, 1.807) is 6.92 Å². The van der Waals surface area contributed by atoms with Gasteiger partial charge in [0.25, 0.3) is 0 Å². The second-order valence-corrected chi connectivity index (χ2v) is 5.47. The molecule has 96 valence electrons. The zero-order valence-corrected chi connectivity index (χ0v) is 10.5. The van der Waals surface area contributed by atoms with Gasteiger partial charge in [0, 0.05) is 16.3 Å². The fourth-order valence-corrected chi connectivity index (χ4v) is 2.19. The van der Waals surface area contributed by atoms with Crippen LogP contribution in [0, 0.1) is 6.92 Å². The Morgan fingerprint density at radius 2 is 2.24 bits per heavy atom. The minimum absolute atomic E-state index is 0.219. The predicted octanol–water partition coefficient (Wildman–Crippen LogP) is 3.05. The van der Waals surface area contributed by atoms with Crippen molar-refractivity contribution in [2.24, 2.45) is 0 Å². The summed E-state index contributed by atoms with van der Waals surface area (Å²) in [6, 6.07) is 1.46. The number of hydrogen-bond acceptors (Lipinski definition) is 5. The van der Waals surface area contributed by atoms with Gasteiger partial charge in [-0.15, -0.1) is 11.3 Å². The van der Waals surface area contributed by atoms with Gasteiger partial charge in [-0.05, 0) is 24.8 Å². The summed E-state index contributed by atoms with van der Waals surface area (Å²) in [5.74, 6) is -0.952. The molecule has 1 aromatic heterocycles. The minimum atomic E-state index is -4.30. The van der Waals surface area contributed by atoms with Gasteiger partial charge in [-0.1, -0.05) is 0 Å². The molecular weight excluding hydrogens is 275 g/mol. The highest BCUT2D eigenvalue weighted by molar-refractivity contribution is 8.00. The highest BCUT2D eigenvalue weighted by Crippen LogP contribution is 2.30. The van der Waals surface area contributed by atoms with Gasteiger partial charge in [0.1, 0.15) is 11.5 Å². The first-order chi connectivity index (χ1) is 7.79. The van der Waals surface area contributed by atoms with Gasteiger partial charge in [0.15, 0.2) is 0 Å². The summed E-state index contributed by atoms with van der Waals surface area (Å²) in [7, 11) is 0. The Bertz CT molecular complexity index is 384. The molecule has 3 nitrogen and oxygen atoms in total. The number of thiophene rings is 1. The summed E-state index contributed by atoms with van der Waals surface area (Å²) in [6.07, 6.45) is 0. The highest BCUT2D eigenvalue weighted by atomic mass is 32.2. The Hall–Kier alpha value is -0.890. The van der Waals surface area contributed by atoms with E-state index in [9.17, 15) is 18.0 Å². The number of anilines is 1. The van der Waals surface area contributed by atoms with Crippen LogP contribution in [0.15, 0.2) is 6.07 Å². The quantitative estimate of drug-likeness (QED) is 0.682. The first kappa shape index (κ1) is 14.2. The second-order valence-electron chi connectivity index (χ2n) is 3.05. The molecule has 0 bridgehead atoms. The summed E-state index contributed by atoms with van der Waals surface area (Å²) >= 11 is 0.938. The summed E-state index contributed by atoms with van der Waals surface area (Å²) in [6.45, 7) is 1.47. The van der Waals surface area contributed by atoms with Crippen LogP contribution >= 0.6 is 23.1 Å². The molecule has 0 atom stereocenters. The molecule has 8 heteroatoms. The lowest BCUT2D eigenvalue weighted by Crippen LogP contribution is -2.09. The Morgan fingerprint density at radius 3 is 2.71 bits per heavy atom. The maximum Gasteiger partial charge on any atom is 0.441 e. The lowest BCUT2D eigenvalue weighted by molar-refractivity contribution is -0.0331. The van der Waals surface area contributed by atoms with Crippen LogP contribution in [0.3, 0.4) is 0 Å². The molecular formula is C9H10F3NO2S2. The molecule has 0 aliphatic carbocycles. The standard InChI is InChI=1S/C9H10F3NO2S2/c1-5-6(13)4-7(17-5)8(14)15-2-3-16-9(10,11)12/h4H,2-3,13H2,1H3. The molecule has 0 spiro atoms. The minimum Gasteiger partial charge on any atom is -0.461 e. The van der Waals surface area contributed by atoms with E-state index in [4.69, 9.17) is 5.73 Å². The number of ether oxygens (including phenoxy) is 1. The number of nitrogens with two attached hydrogens (primary N) is 1. The molecule has 2 N–H and O–H groups in total. The van der Waals surface area contributed by atoms with Crippen molar-refractivity contribution in [3.63, 3.8) is 0 Å². The Balaban J connectivity index is 2.35. The number of rotatable bonds is 4. The number of esters is 1. The van der Waals surface area contributed by atoms with Crippen molar-refractivity contribution in [2.75, 3.05) is 18.1 Å². The lowest BCUT2D eigenvalue weighted by atomic mass is 10.4. The van der Waals surface area contributed by atoms with E-state index in [-0.39, 0.29) is 24.1 Å². The van der Waals surface area contributed by atoms with Gasteiger partial charge < -0.3 is 10.5 Å². The van der Waals surface area contributed by atoms with E-state index in [1.165, 1.54) is 6.07 Å². The number of nitrogen functional groups attached to an aromatic ring is 1. The third-order valence-corrected chi connectivity index (χ3v) is 3.48. The molecule has 0 amide bonds. The van der Waals surface area contributed by atoms with Crippen LogP contribution in [-0.2, 0) is 4.74 Å². The molecule has 0 aromatic carbocycles. The van der Waals surface area contributed by atoms with Gasteiger partial charge in [0.2, 0.25) is 0 Å². The average molecular weight is 285 g/mol. The summed E-state index contributed by atoms with van der Waals surface area (Å²) in [5, 5.41) is 0. The van der Waals surface area contributed by atoms with Crippen LogP contribution in [0.2, 0.25) is 0 Å². The van der Waals surface area contributed by atoms with Gasteiger partial charge in [0.05, 0.1) is 0 Å². The first-order valence-electron chi connectivity index (χ1n) is 4.53. The van der Waals surface area contributed by atoms with E-state index in [0.717, 1.165) is 16.2 Å². The van der Waals surface area contributed by atoms with E-state index < -0.39 is 11.5 Å². The van der Waals surface area contributed by atoms with Crippen LogP contribution < -0.4 is 5.73 Å². The van der Waals surface area contributed by atoms with Crippen molar-refractivity contribution in [1.29, 1.82) is 0 Å². The molecule has 1 aromatic rings. The number of carbonyl (C=O) groups excluding carboxylic acids is 1. The number of aryl methyl sites for hydroxylation is 1. The number of alkyl halides is 3. The zero-order chi connectivity index (χ0) is 13.1. The molecule has 0 aliphatic rings. The molecule has 0 fully saturated rings. The van der Waals surface area contributed by atoms with Crippen LogP contribution in [0.25, 0.3) is 0 Å².